The van der Waals surface area contributed by atoms with E-state index < -0.39 is 0 Å². The summed E-state index contributed by atoms with van der Waals surface area (Å²) in [4.78, 5) is 0. The minimum absolute atomic E-state index is 0. The molecular weight excluding hydrogens is 174 g/mol. The van der Waals surface area contributed by atoms with Crippen molar-refractivity contribution in [2.24, 2.45) is 0 Å². The summed E-state index contributed by atoms with van der Waals surface area (Å²) in [5, 5.41) is 12.1. The molecule has 1 N–H and O–H groups in total. The van der Waals surface area contributed by atoms with Crippen molar-refractivity contribution in [2.75, 3.05) is 0 Å². The van der Waals surface area contributed by atoms with E-state index in [1.54, 1.807) is 0 Å². The van der Waals surface area contributed by atoms with E-state index in [4.69, 9.17) is 0 Å². The van der Waals surface area contributed by atoms with Crippen LogP contribution in [0, 0.1) is 0 Å². The summed E-state index contributed by atoms with van der Waals surface area (Å²) in [5.41, 5.74) is 0. The second kappa shape index (κ2) is 10.0. The fraction of sp³-hybridized carbons (Fsp3) is 0. The summed E-state index contributed by atoms with van der Waals surface area (Å²) in [6, 6.07) is 0. The molecule has 0 spiro atoms. The van der Waals surface area contributed by atoms with Crippen LogP contribution >= 0.6 is 37.2 Å². The molecule has 0 aromatic carbocycles. The van der Waals surface area contributed by atoms with Gasteiger partial charge >= 0.3 is 0 Å². The zero-order valence-electron chi connectivity index (χ0n) is 3.64. The van der Waals surface area contributed by atoms with E-state index in [9.17, 15) is 0 Å². The van der Waals surface area contributed by atoms with Crippen molar-refractivity contribution in [3.63, 3.8) is 0 Å². The summed E-state index contributed by atoms with van der Waals surface area (Å²) < 4.78 is 0. The van der Waals surface area contributed by atoms with Crippen LogP contribution in [0.25, 0.3) is 0 Å². The Kier molecular flexibility index (Phi) is 19.7. The van der Waals surface area contributed by atoms with Crippen molar-refractivity contribution in [3.8, 4) is 0 Å². The number of nitrogens with one attached hydrogen (secondary N) is 1. The highest BCUT2D eigenvalue weighted by Gasteiger charge is 1.58. The molecule has 0 saturated heterocycles. The van der Waals surface area contributed by atoms with Gasteiger partial charge in [0.2, 0.25) is 0 Å². The Morgan fingerprint density at radius 3 is 1.88 bits per heavy atom. The third-order valence-electron chi connectivity index (χ3n) is 0.270. The Labute approximate surface area is 64.7 Å². The Hall–Kier alpha value is -0.0600. The van der Waals surface area contributed by atoms with Gasteiger partial charge in [0.1, 0.15) is 6.33 Å². The SMILES string of the molecule is Cl.Cl.Cl.c1nnn[nH]1. The van der Waals surface area contributed by atoms with Crippen molar-refractivity contribution in [3.05, 3.63) is 6.33 Å². The van der Waals surface area contributed by atoms with Crippen LogP contribution in [0.5, 0.6) is 0 Å². The van der Waals surface area contributed by atoms with Crippen LogP contribution in [-0.2, 0) is 0 Å². The van der Waals surface area contributed by atoms with Crippen LogP contribution in [0.2, 0.25) is 0 Å². The number of tetrazole rings is 1. The minimum Gasteiger partial charge on any atom is -0.246 e. The zero-order valence-corrected chi connectivity index (χ0v) is 6.09. The lowest BCUT2D eigenvalue weighted by atomic mass is 11.4. The molecule has 1 rings (SSSR count). The number of aromatic nitrogens is 4. The molecular formula is CH5Cl3N4. The predicted octanol–water partition coefficient (Wildman–Crippen LogP) is 0.465. The first-order valence-corrected chi connectivity index (χ1v) is 1.17. The largest absolute Gasteiger partial charge is 0.246 e. The summed E-state index contributed by atoms with van der Waals surface area (Å²) in [5.74, 6) is 0. The lowest BCUT2D eigenvalue weighted by molar-refractivity contribution is 0.881. The average molecular weight is 179 g/mol. The van der Waals surface area contributed by atoms with Crippen LogP contribution < -0.4 is 0 Å². The molecule has 0 amide bonds. The maximum atomic E-state index is 3.31. The van der Waals surface area contributed by atoms with Gasteiger partial charge in [0, 0.05) is 0 Å². The van der Waals surface area contributed by atoms with Crippen LogP contribution in [-0.4, -0.2) is 20.6 Å². The second-order valence-electron chi connectivity index (χ2n) is 0.563. The molecule has 0 saturated carbocycles. The van der Waals surface area contributed by atoms with Crippen LogP contribution in [0.15, 0.2) is 6.33 Å². The molecule has 0 bridgehead atoms. The van der Waals surface area contributed by atoms with Crippen molar-refractivity contribution < 1.29 is 0 Å². The van der Waals surface area contributed by atoms with E-state index in [1.807, 2.05) is 0 Å². The van der Waals surface area contributed by atoms with E-state index in [0.29, 0.717) is 0 Å². The second-order valence-corrected chi connectivity index (χ2v) is 0.563. The van der Waals surface area contributed by atoms with Crippen molar-refractivity contribution >= 4 is 37.2 Å². The molecule has 0 radical (unpaired) electrons. The van der Waals surface area contributed by atoms with Crippen molar-refractivity contribution in [2.45, 2.75) is 0 Å². The van der Waals surface area contributed by atoms with Crippen molar-refractivity contribution in [1.29, 1.82) is 0 Å². The molecule has 0 aliphatic carbocycles. The van der Waals surface area contributed by atoms with E-state index >= 15 is 0 Å². The first-order valence-electron chi connectivity index (χ1n) is 1.17. The minimum atomic E-state index is 0. The highest BCUT2D eigenvalue weighted by Crippen LogP contribution is 1.43. The summed E-state index contributed by atoms with van der Waals surface area (Å²) >= 11 is 0. The topological polar surface area (TPSA) is 54.5 Å². The van der Waals surface area contributed by atoms with Crippen LogP contribution in [0.1, 0.15) is 0 Å². The first-order chi connectivity index (χ1) is 2.50. The molecule has 7 heteroatoms. The fourth-order valence-electron chi connectivity index (χ4n) is 0.129. The van der Waals surface area contributed by atoms with Gasteiger partial charge in [-0.2, -0.15) is 0 Å². The third-order valence-corrected chi connectivity index (χ3v) is 0.270. The van der Waals surface area contributed by atoms with Gasteiger partial charge in [-0.3, -0.25) is 0 Å². The monoisotopic (exact) mass is 178 g/mol. The maximum Gasteiger partial charge on any atom is 0.135 e. The number of hydrogen-bond donors (Lipinski definition) is 1. The molecule has 8 heavy (non-hydrogen) atoms. The van der Waals surface area contributed by atoms with E-state index in [0.717, 1.165) is 0 Å². The Morgan fingerprint density at radius 1 is 1.12 bits per heavy atom. The molecule has 50 valence electrons. The number of rotatable bonds is 0. The van der Waals surface area contributed by atoms with Gasteiger partial charge in [-0.05, 0) is 10.4 Å². The van der Waals surface area contributed by atoms with E-state index in [-0.39, 0.29) is 37.2 Å². The standard InChI is InChI=1S/CH2N4.3ClH/c1-2-4-5-3-1;;;/h1H,(H,2,3,4,5);3*1H. The smallest absolute Gasteiger partial charge is 0.135 e. The van der Waals surface area contributed by atoms with E-state index in [2.05, 4.69) is 20.6 Å². The molecule has 1 aromatic rings. The predicted molar refractivity (Wildman–Crippen MR) is 35.9 cm³/mol. The summed E-state index contributed by atoms with van der Waals surface area (Å²) in [6.07, 6.45) is 1.40. The Bertz CT molecular complexity index is 67.8. The van der Waals surface area contributed by atoms with Gasteiger partial charge < -0.3 is 0 Å². The molecule has 1 aromatic heterocycles. The van der Waals surface area contributed by atoms with Crippen LogP contribution in [0.3, 0.4) is 0 Å². The number of nitrogens with zero attached hydrogens (tertiary/aromatic N) is 3. The molecule has 0 aliphatic rings. The third kappa shape index (κ3) is 5.94. The molecule has 4 nitrogen and oxygen atoms in total. The normalized spacial score (nSPS) is 5.00. The number of hydrogen-bond acceptors (Lipinski definition) is 3. The molecule has 1 heterocycles. The first kappa shape index (κ1) is 15.7. The summed E-state index contributed by atoms with van der Waals surface area (Å²) in [7, 11) is 0. The quantitative estimate of drug-likeness (QED) is 0.630. The van der Waals surface area contributed by atoms with Gasteiger partial charge in [-0.15, -0.1) is 42.3 Å². The van der Waals surface area contributed by atoms with Gasteiger partial charge in [0.05, 0.1) is 0 Å². The lowest BCUT2D eigenvalue weighted by Crippen LogP contribution is -1.64. The van der Waals surface area contributed by atoms with Gasteiger partial charge in [-0.25, -0.2) is 5.10 Å². The van der Waals surface area contributed by atoms with Crippen molar-refractivity contribution in [1.82, 2.24) is 20.6 Å². The highest BCUT2D eigenvalue weighted by molar-refractivity contribution is 5.86. The number of H-pyrrole nitrogens is 1. The van der Waals surface area contributed by atoms with Gasteiger partial charge in [0.15, 0.2) is 0 Å². The number of aromatic amines is 1. The Balaban J connectivity index is -0.0000000833. The average Bonchev–Trinajstić information content (AvgIpc) is 1.76. The number of halogens is 3. The summed E-state index contributed by atoms with van der Waals surface area (Å²) in [6.45, 7) is 0. The molecule has 0 aliphatic heterocycles. The maximum absolute atomic E-state index is 3.31. The lowest BCUT2D eigenvalue weighted by Gasteiger charge is -1.42. The van der Waals surface area contributed by atoms with Gasteiger partial charge in [0.25, 0.3) is 0 Å². The molecule has 0 atom stereocenters. The fourth-order valence-corrected chi connectivity index (χ4v) is 0.129. The molecule has 0 fully saturated rings. The van der Waals surface area contributed by atoms with Gasteiger partial charge in [-0.1, -0.05) is 0 Å². The molecule has 0 unspecified atom stereocenters. The van der Waals surface area contributed by atoms with E-state index in [1.165, 1.54) is 6.33 Å². The highest BCUT2D eigenvalue weighted by atomic mass is 35.5. The van der Waals surface area contributed by atoms with Crippen LogP contribution in [0.4, 0.5) is 0 Å². The Morgan fingerprint density at radius 2 is 1.75 bits per heavy atom. The zero-order chi connectivity index (χ0) is 3.54.